The van der Waals surface area contributed by atoms with Crippen LogP contribution in [0.2, 0.25) is 0 Å². The van der Waals surface area contributed by atoms with Crippen LogP contribution >= 0.6 is 0 Å². The summed E-state index contributed by atoms with van der Waals surface area (Å²) in [5, 5.41) is 3.01. The van der Waals surface area contributed by atoms with Crippen LogP contribution in [0.25, 0.3) is 0 Å². The molecule has 2 amide bonds. The molecule has 2 aliphatic heterocycles. The van der Waals surface area contributed by atoms with E-state index in [1.807, 2.05) is 41.3 Å². The van der Waals surface area contributed by atoms with Crippen LogP contribution in [0.3, 0.4) is 0 Å². The number of rotatable bonds is 1. The number of carbonyl (C=O) groups excluding carboxylic acids is 1. The Bertz CT molecular complexity index is 727. The van der Waals surface area contributed by atoms with Gasteiger partial charge in [-0.05, 0) is 48.2 Å². The smallest absolute Gasteiger partial charge is 0.326 e. The van der Waals surface area contributed by atoms with E-state index in [-0.39, 0.29) is 6.03 Å². The second-order valence-corrected chi connectivity index (χ2v) is 5.74. The van der Waals surface area contributed by atoms with Crippen LogP contribution in [0, 0.1) is 0 Å². The summed E-state index contributed by atoms with van der Waals surface area (Å²) < 4.78 is 5.50. The van der Waals surface area contributed by atoms with Gasteiger partial charge in [0.1, 0.15) is 5.75 Å². The number of hydrogen-bond donors (Lipinski definition) is 1. The van der Waals surface area contributed by atoms with E-state index < -0.39 is 0 Å². The van der Waals surface area contributed by atoms with Gasteiger partial charge in [-0.3, -0.25) is 4.90 Å². The molecule has 4 nitrogen and oxygen atoms in total. The van der Waals surface area contributed by atoms with Gasteiger partial charge in [-0.2, -0.15) is 0 Å². The fraction of sp³-hybridized carbons (Fsp3) is 0.278. The molecule has 0 aromatic heterocycles. The van der Waals surface area contributed by atoms with Crippen molar-refractivity contribution in [3.05, 3.63) is 53.6 Å². The van der Waals surface area contributed by atoms with Gasteiger partial charge in [0.25, 0.3) is 0 Å². The molecular weight excluding hydrogens is 276 g/mol. The average molecular weight is 294 g/mol. The maximum absolute atomic E-state index is 12.6. The Labute approximate surface area is 129 Å². The molecule has 0 saturated heterocycles. The lowest BCUT2D eigenvalue weighted by molar-refractivity contribution is 0.256. The number of hydrogen-bond acceptors (Lipinski definition) is 2. The molecule has 1 N–H and O–H groups in total. The molecule has 112 valence electrons. The zero-order valence-corrected chi connectivity index (χ0v) is 12.3. The number of carbonyl (C=O) groups is 1. The maximum Gasteiger partial charge on any atom is 0.326 e. The summed E-state index contributed by atoms with van der Waals surface area (Å²) in [5.74, 6) is 0.932. The van der Waals surface area contributed by atoms with E-state index in [1.165, 1.54) is 5.56 Å². The van der Waals surface area contributed by atoms with E-state index in [1.54, 1.807) is 0 Å². The largest absolute Gasteiger partial charge is 0.493 e. The summed E-state index contributed by atoms with van der Waals surface area (Å²) in [7, 11) is 0. The molecule has 0 bridgehead atoms. The minimum atomic E-state index is -0.0639. The molecule has 0 radical (unpaired) electrons. The minimum Gasteiger partial charge on any atom is -0.493 e. The molecule has 0 saturated carbocycles. The van der Waals surface area contributed by atoms with Gasteiger partial charge in [0.2, 0.25) is 0 Å². The highest BCUT2D eigenvalue weighted by molar-refractivity contribution is 6.02. The van der Waals surface area contributed by atoms with Crippen LogP contribution in [-0.2, 0) is 12.8 Å². The SMILES string of the molecule is O=C(Nc1ccc2c(c1)CCO2)N1CCCc2ccccc21. The number of para-hydroxylation sites is 1. The van der Waals surface area contributed by atoms with E-state index in [0.29, 0.717) is 0 Å². The highest BCUT2D eigenvalue weighted by atomic mass is 16.5. The number of urea groups is 1. The van der Waals surface area contributed by atoms with E-state index >= 15 is 0 Å². The molecule has 0 fully saturated rings. The average Bonchev–Trinajstić information content (AvgIpc) is 3.02. The summed E-state index contributed by atoms with van der Waals surface area (Å²) in [6.07, 6.45) is 2.95. The number of anilines is 2. The predicted octanol–water partition coefficient (Wildman–Crippen LogP) is 3.61. The highest BCUT2D eigenvalue weighted by Gasteiger charge is 2.22. The maximum atomic E-state index is 12.6. The molecule has 2 aliphatic rings. The van der Waals surface area contributed by atoms with Crippen LogP contribution in [0.15, 0.2) is 42.5 Å². The van der Waals surface area contributed by atoms with Crippen molar-refractivity contribution in [2.24, 2.45) is 0 Å². The van der Waals surface area contributed by atoms with Crippen LogP contribution in [-0.4, -0.2) is 19.2 Å². The van der Waals surface area contributed by atoms with Gasteiger partial charge >= 0.3 is 6.03 Å². The van der Waals surface area contributed by atoms with E-state index in [9.17, 15) is 4.79 Å². The lowest BCUT2D eigenvalue weighted by Gasteiger charge is -2.29. The van der Waals surface area contributed by atoms with Crippen molar-refractivity contribution < 1.29 is 9.53 Å². The number of nitrogens with zero attached hydrogens (tertiary/aromatic N) is 1. The first-order valence-corrected chi connectivity index (χ1v) is 7.73. The molecule has 4 heteroatoms. The highest BCUT2D eigenvalue weighted by Crippen LogP contribution is 2.30. The Kier molecular flexibility index (Phi) is 3.22. The third-order valence-electron chi connectivity index (χ3n) is 4.30. The number of ether oxygens (including phenoxy) is 1. The predicted molar refractivity (Wildman–Crippen MR) is 86.8 cm³/mol. The van der Waals surface area contributed by atoms with Crippen molar-refractivity contribution in [1.29, 1.82) is 0 Å². The zero-order chi connectivity index (χ0) is 14.9. The molecule has 2 aromatic carbocycles. The van der Waals surface area contributed by atoms with Gasteiger partial charge in [0, 0.05) is 24.3 Å². The van der Waals surface area contributed by atoms with Crippen LogP contribution in [0.1, 0.15) is 17.5 Å². The third kappa shape index (κ3) is 2.30. The van der Waals surface area contributed by atoms with Crippen molar-refractivity contribution in [1.82, 2.24) is 0 Å². The first-order valence-electron chi connectivity index (χ1n) is 7.73. The molecular formula is C18H18N2O2. The lowest BCUT2D eigenvalue weighted by atomic mass is 10.0. The molecule has 4 rings (SSSR count). The molecule has 0 atom stereocenters. The fourth-order valence-electron chi connectivity index (χ4n) is 3.20. The second-order valence-electron chi connectivity index (χ2n) is 5.74. The van der Waals surface area contributed by atoms with Crippen LogP contribution in [0.5, 0.6) is 5.75 Å². The quantitative estimate of drug-likeness (QED) is 0.873. The Morgan fingerprint density at radius 3 is 2.95 bits per heavy atom. The monoisotopic (exact) mass is 294 g/mol. The molecule has 0 aliphatic carbocycles. The third-order valence-corrected chi connectivity index (χ3v) is 4.30. The van der Waals surface area contributed by atoms with Gasteiger partial charge in [0.15, 0.2) is 0 Å². The van der Waals surface area contributed by atoms with Gasteiger partial charge in [-0.25, -0.2) is 4.79 Å². The van der Waals surface area contributed by atoms with Gasteiger partial charge in [-0.15, -0.1) is 0 Å². The number of aryl methyl sites for hydroxylation is 1. The summed E-state index contributed by atoms with van der Waals surface area (Å²) in [6, 6.07) is 13.9. The first kappa shape index (κ1) is 13.2. The summed E-state index contributed by atoms with van der Waals surface area (Å²) >= 11 is 0. The molecule has 2 heterocycles. The van der Waals surface area contributed by atoms with E-state index in [0.717, 1.165) is 55.1 Å². The van der Waals surface area contributed by atoms with Crippen LogP contribution < -0.4 is 15.0 Å². The summed E-state index contributed by atoms with van der Waals surface area (Å²) in [5.41, 5.74) is 4.26. The Hall–Kier alpha value is -2.49. The van der Waals surface area contributed by atoms with Crippen molar-refractivity contribution in [3.8, 4) is 5.75 Å². The fourth-order valence-corrected chi connectivity index (χ4v) is 3.20. The van der Waals surface area contributed by atoms with Crippen molar-refractivity contribution in [3.63, 3.8) is 0 Å². The summed E-state index contributed by atoms with van der Waals surface area (Å²) in [6.45, 7) is 1.49. The Morgan fingerprint density at radius 1 is 1.09 bits per heavy atom. The molecule has 0 spiro atoms. The van der Waals surface area contributed by atoms with E-state index in [4.69, 9.17) is 4.74 Å². The number of benzene rings is 2. The van der Waals surface area contributed by atoms with Crippen molar-refractivity contribution in [2.75, 3.05) is 23.4 Å². The standard InChI is InChI=1S/C18H18N2O2/c21-18(19-15-7-8-17-14(12-15)9-11-22-17)20-10-3-5-13-4-1-2-6-16(13)20/h1-2,4,6-8,12H,3,5,9-11H2,(H,19,21). The number of fused-ring (bicyclic) bond motifs is 2. The normalized spacial score (nSPS) is 15.7. The first-order chi connectivity index (χ1) is 10.8. The molecule has 0 unspecified atom stereocenters. The van der Waals surface area contributed by atoms with Crippen molar-refractivity contribution in [2.45, 2.75) is 19.3 Å². The lowest BCUT2D eigenvalue weighted by Crippen LogP contribution is -2.38. The summed E-state index contributed by atoms with van der Waals surface area (Å²) in [4.78, 5) is 14.4. The molecule has 22 heavy (non-hydrogen) atoms. The topological polar surface area (TPSA) is 41.6 Å². The van der Waals surface area contributed by atoms with E-state index in [2.05, 4.69) is 11.4 Å². The van der Waals surface area contributed by atoms with Gasteiger partial charge < -0.3 is 10.1 Å². The Balaban J connectivity index is 1.56. The van der Waals surface area contributed by atoms with Crippen molar-refractivity contribution >= 4 is 17.4 Å². The Morgan fingerprint density at radius 2 is 2.00 bits per heavy atom. The second kappa shape index (κ2) is 5.37. The van der Waals surface area contributed by atoms with Crippen LogP contribution in [0.4, 0.5) is 16.2 Å². The minimum absolute atomic E-state index is 0.0639. The van der Waals surface area contributed by atoms with Gasteiger partial charge in [-0.1, -0.05) is 18.2 Å². The number of amides is 2. The van der Waals surface area contributed by atoms with Gasteiger partial charge in [0.05, 0.1) is 6.61 Å². The molecule has 2 aromatic rings. The number of nitrogens with one attached hydrogen (secondary N) is 1. The zero-order valence-electron chi connectivity index (χ0n) is 12.3.